The molecule has 1 fully saturated rings. The summed E-state index contributed by atoms with van der Waals surface area (Å²) in [5, 5.41) is 3.15. The van der Waals surface area contributed by atoms with Crippen molar-refractivity contribution in [3.8, 4) is 5.75 Å². The minimum absolute atomic E-state index is 0.412. The Morgan fingerprint density at radius 2 is 2.20 bits per heavy atom. The molecule has 0 radical (unpaired) electrons. The Hall–Kier alpha value is -1.45. The molecule has 82 valence electrons. The van der Waals surface area contributed by atoms with Gasteiger partial charge in [-0.05, 0) is 12.8 Å². The van der Waals surface area contributed by atoms with E-state index in [0.717, 1.165) is 17.3 Å². The van der Waals surface area contributed by atoms with E-state index >= 15 is 0 Å². The van der Waals surface area contributed by atoms with Gasteiger partial charge in [-0.15, -0.1) is 0 Å². The van der Waals surface area contributed by atoms with Crippen LogP contribution < -0.4 is 15.0 Å². The highest BCUT2D eigenvalue weighted by atomic mass is 16.5. The maximum absolute atomic E-state index is 5.81. The van der Waals surface area contributed by atoms with E-state index < -0.39 is 0 Å². The maximum Gasteiger partial charge on any atom is 0.155 e. The van der Waals surface area contributed by atoms with Crippen molar-refractivity contribution in [2.24, 2.45) is 0 Å². The SMILES string of the molecule is CNc1c(OC2CC2)ccnc1N(C)C. The zero-order valence-electron chi connectivity index (χ0n) is 9.45. The van der Waals surface area contributed by atoms with Crippen LogP contribution in [0.2, 0.25) is 0 Å². The standard InChI is InChI=1S/C11H17N3O/c1-12-10-9(15-8-4-5-8)6-7-13-11(10)14(2)3/h6-8,12H,4-5H2,1-3H3. The fourth-order valence-electron chi connectivity index (χ4n) is 1.47. The number of pyridine rings is 1. The summed E-state index contributed by atoms with van der Waals surface area (Å²) in [4.78, 5) is 6.30. The van der Waals surface area contributed by atoms with Gasteiger partial charge in [-0.3, -0.25) is 0 Å². The Morgan fingerprint density at radius 3 is 2.73 bits per heavy atom. The number of hydrogen-bond acceptors (Lipinski definition) is 4. The molecule has 1 aromatic heterocycles. The fraction of sp³-hybridized carbons (Fsp3) is 0.545. The van der Waals surface area contributed by atoms with Crippen LogP contribution in [0, 0.1) is 0 Å². The van der Waals surface area contributed by atoms with Crippen LogP contribution in [0.4, 0.5) is 11.5 Å². The van der Waals surface area contributed by atoms with Crippen molar-refractivity contribution in [1.29, 1.82) is 0 Å². The van der Waals surface area contributed by atoms with E-state index in [9.17, 15) is 0 Å². The highest BCUT2D eigenvalue weighted by molar-refractivity contribution is 5.72. The molecule has 1 N–H and O–H groups in total. The van der Waals surface area contributed by atoms with Crippen molar-refractivity contribution in [3.63, 3.8) is 0 Å². The number of nitrogens with one attached hydrogen (secondary N) is 1. The number of rotatable bonds is 4. The molecule has 4 heteroatoms. The van der Waals surface area contributed by atoms with Gasteiger partial charge < -0.3 is 15.0 Å². The summed E-state index contributed by atoms with van der Waals surface area (Å²) in [5.74, 6) is 1.81. The molecule has 0 atom stereocenters. The molecule has 0 bridgehead atoms. The third kappa shape index (κ3) is 2.14. The lowest BCUT2D eigenvalue weighted by atomic mass is 10.3. The average Bonchev–Trinajstić information content (AvgIpc) is 3.01. The van der Waals surface area contributed by atoms with Crippen LogP contribution in [-0.2, 0) is 0 Å². The Kier molecular flexibility index (Phi) is 2.66. The van der Waals surface area contributed by atoms with E-state index in [4.69, 9.17) is 4.74 Å². The van der Waals surface area contributed by atoms with Crippen LogP contribution in [0.3, 0.4) is 0 Å². The van der Waals surface area contributed by atoms with E-state index in [2.05, 4.69) is 10.3 Å². The first-order valence-corrected chi connectivity index (χ1v) is 5.23. The molecular weight excluding hydrogens is 190 g/mol. The molecule has 1 aliphatic rings. The molecule has 4 nitrogen and oxygen atoms in total. The van der Waals surface area contributed by atoms with Gasteiger partial charge in [-0.25, -0.2) is 4.98 Å². The van der Waals surface area contributed by atoms with Gasteiger partial charge in [0.1, 0.15) is 11.4 Å². The second kappa shape index (κ2) is 3.96. The van der Waals surface area contributed by atoms with Gasteiger partial charge in [0.05, 0.1) is 6.10 Å². The summed E-state index contributed by atoms with van der Waals surface area (Å²) in [6.45, 7) is 0. The fourth-order valence-corrected chi connectivity index (χ4v) is 1.47. The molecule has 1 aromatic rings. The third-order valence-corrected chi connectivity index (χ3v) is 2.38. The number of aromatic nitrogens is 1. The molecule has 0 aromatic carbocycles. The van der Waals surface area contributed by atoms with E-state index in [1.54, 1.807) is 6.20 Å². The van der Waals surface area contributed by atoms with Crippen LogP contribution in [0.25, 0.3) is 0 Å². The molecule has 0 amide bonds. The molecule has 0 unspecified atom stereocenters. The lowest BCUT2D eigenvalue weighted by Gasteiger charge is -2.18. The van der Waals surface area contributed by atoms with Crippen molar-refractivity contribution in [1.82, 2.24) is 4.98 Å². The van der Waals surface area contributed by atoms with Crippen LogP contribution >= 0.6 is 0 Å². The molecule has 1 heterocycles. The number of anilines is 2. The van der Waals surface area contributed by atoms with E-state index in [0.29, 0.717) is 6.10 Å². The smallest absolute Gasteiger partial charge is 0.155 e. The Morgan fingerprint density at radius 1 is 1.47 bits per heavy atom. The van der Waals surface area contributed by atoms with Gasteiger partial charge in [0.25, 0.3) is 0 Å². The largest absolute Gasteiger partial charge is 0.488 e. The highest BCUT2D eigenvalue weighted by Gasteiger charge is 2.25. The summed E-state index contributed by atoms with van der Waals surface area (Å²) in [5.41, 5.74) is 0.967. The number of ether oxygens (including phenoxy) is 1. The van der Waals surface area contributed by atoms with Gasteiger partial charge in [0.2, 0.25) is 0 Å². The first-order chi connectivity index (χ1) is 7.22. The van der Waals surface area contributed by atoms with Crippen molar-refractivity contribution in [2.45, 2.75) is 18.9 Å². The zero-order chi connectivity index (χ0) is 10.8. The van der Waals surface area contributed by atoms with Crippen molar-refractivity contribution in [3.05, 3.63) is 12.3 Å². The number of hydrogen-bond donors (Lipinski definition) is 1. The van der Waals surface area contributed by atoms with Crippen molar-refractivity contribution in [2.75, 3.05) is 31.4 Å². The van der Waals surface area contributed by atoms with Crippen LogP contribution in [-0.4, -0.2) is 32.2 Å². The predicted molar refractivity (Wildman–Crippen MR) is 61.8 cm³/mol. The quantitative estimate of drug-likeness (QED) is 0.816. The maximum atomic E-state index is 5.81. The zero-order valence-corrected chi connectivity index (χ0v) is 9.45. The van der Waals surface area contributed by atoms with Crippen LogP contribution in [0.5, 0.6) is 5.75 Å². The third-order valence-electron chi connectivity index (χ3n) is 2.38. The highest BCUT2D eigenvalue weighted by Crippen LogP contribution is 2.35. The second-order valence-electron chi connectivity index (χ2n) is 3.97. The lowest BCUT2D eigenvalue weighted by Crippen LogP contribution is -2.14. The molecule has 0 saturated heterocycles. The predicted octanol–water partition coefficient (Wildman–Crippen LogP) is 1.73. The van der Waals surface area contributed by atoms with Crippen LogP contribution in [0.1, 0.15) is 12.8 Å². The van der Waals surface area contributed by atoms with Gasteiger partial charge in [-0.1, -0.05) is 0 Å². The minimum Gasteiger partial charge on any atom is -0.488 e. The molecule has 0 aliphatic heterocycles. The average molecular weight is 207 g/mol. The second-order valence-corrected chi connectivity index (χ2v) is 3.97. The van der Waals surface area contributed by atoms with Crippen LogP contribution in [0.15, 0.2) is 12.3 Å². The Bertz CT molecular complexity index is 348. The van der Waals surface area contributed by atoms with E-state index in [1.807, 2.05) is 32.1 Å². The lowest BCUT2D eigenvalue weighted by molar-refractivity contribution is 0.304. The monoisotopic (exact) mass is 207 g/mol. The first-order valence-electron chi connectivity index (χ1n) is 5.23. The van der Waals surface area contributed by atoms with Gasteiger partial charge in [-0.2, -0.15) is 0 Å². The van der Waals surface area contributed by atoms with Gasteiger partial charge in [0, 0.05) is 33.4 Å². The molecule has 0 spiro atoms. The van der Waals surface area contributed by atoms with Crippen molar-refractivity contribution < 1.29 is 4.74 Å². The summed E-state index contributed by atoms with van der Waals surface area (Å²) < 4.78 is 5.81. The summed E-state index contributed by atoms with van der Waals surface area (Å²) in [7, 11) is 5.85. The molecule has 2 rings (SSSR count). The Labute approximate surface area is 90.3 Å². The normalized spacial score (nSPS) is 14.9. The van der Waals surface area contributed by atoms with Crippen molar-refractivity contribution >= 4 is 11.5 Å². The van der Waals surface area contributed by atoms with E-state index in [-0.39, 0.29) is 0 Å². The summed E-state index contributed by atoms with van der Waals surface area (Å²) in [6, 6.07) is 1.91. The molecular formula is C11H17N3O. The molecule has 1 aliphatic carbocycles. The summed E-state index contributed by atoms with van der Waals surface area (Å²) in [6.07, 6.45) is 4.54. The minimum atomic E-state index is 0.412. The topological polar surface area (TPSA) is 37.4 Å². The number of nitrogens with zero attached hydrogens (tertiary/aromatic N) is 2. The van der Waals surface area contributed by atoms with E-state index in [1.165, 1.54) is 12.8 Å². The Balaban J connectivity index is 2.30. The summed E-state index contributed by atoms with van der Waals surface area (Å²) >= 11 is 0. The van der Waals surface area contributed by atoms with Gasteiger partial charge >= 0.3 is 0 Å². The molecule has 15 heavy (non-hydrogen) atoms. The first kappa shape index (κ1) is 10.1. The van der Waals surface area contributed by atoms with Gasteiger partial charge in [0.15, 0.2) is 5.82 Å². The molecule has 1 saturated carbocycles.